The zero-order valence-corrected chi connectivity index (χ0v) is 12.3. The van der Waals surface area contributed by atoms with E-state index in [9.17, 15) is 4.79 Å². The van der Waals surface area contributed by atoms with Crippen molar-refractivity contribution in [1.82, 2.24) is 10.7 Å². The number of benzene rings is 1. The first-order valence-electron chi connectivity index (χ1n) is 6.20. The Bertz CT molecular complexity index is 434. The highest BCUT2D eigenvalue weighted by Crippen LogP contribution is 2.23. The first-order valence-corrected chi connectivity index (χ1v) is 6.99. The van der Waals surface area contributed by atoms with E-state index in [0.717, 1.165) is 29.4 Å². The summed E-state index contributed by atoms with van der Waals surface area (Å²) >= 11 is 3.39. The van der Waals surface area contributed by atoms with Gasteiger partial charge in [0, 0.05) is 4.47 Å². The Morgan fingerprint density at radius 3 is 2.61 bits per heavy atom. The van der Waals surface area contributed by atoms with E-state index in [1.54, 1.807) is 5.01 Å². The number of carbonyl (C=O) groups is 1. The third-order valence-electron chi connectivity index (χ3n) is 3.06. The SMILES string of the molecule is CCCC[C@]1(C)NC(=O)N(c2ccc(Br)cc2)N1. The summed E-state index contributed by atoms with van der Waals surface area (Å²) in [5.41, 5.74) is 3.74. The van der Waals surface area contributed by atoms with Crippen molar-refractivity contribution in [2.24, 2.45) is 0 Å². The summed E-state index contributed by atoms with van der Waals surface area (Å²) in [5, 5.41) is 4.56. The Balaban J connectivity index is 2.11. The largest absolute Gasteiger partial charge is 0.338 e. The van der Waals surface area contributed by atoms with E-state index < -0.39 is 0 Å². The predicted octanol–water partition coefficient (Wildman–Crippen LogP) is 3.39. The Kier molecular flexibility index (Phi) is 3.92. The number of hydrogen-bond acceptors (Lipinski definition) is 2. The molecule has 0 radical (unpaired) electrons. The zero-order chi connectivity index (χ0) is 13.2. The minimum Gasteiger partial charge on any atom is -0.317 e. The summed E-state index contributed by atoms with van der Waals surface area (Å²) in [7, 11) is 0. The maximum Gasteiger partial charge on any atom is 0.338 e. The molecule has 0 bridgehead atoms. The van der Waals surface area contributed by atoms with Crippen LogP contribution in [-0.2, 0) is 0 Å². The lowest BCUT2D eigenvalue weighted by molar-refractivity contribution is 0.246. The standard InChI is InChI=1S/C13H18BrN3O/c1-3-4-9-13(2)15-12(18)17(16-13)11-7-5-10(14)6-8-11/h5-8,16H,3-4,9H2,1-2H3,(H,15,18)/t13-/m1/s1. The second-order valence-corrected chi connectivity index (χ2v) is 5.71. The Labute approximate surface area is 116 Å². The van der Waals surface area contributed by atoms with Gasteiger partial charge in [0.2, 0.25) is 0 Å². The molecule has 0 aliphatic carbocycles. The van der Waals surface area contributed by atoms with Gasteiger partial charge in [-0.3, -0.25) is 0 Å². The molecular formula is C13H18BrN3O. The van der Waals surface area contributed by atoms with Crippen molar-refractivity contribution in [3.63, 3.8) is 0 Å². The molecule has 1 aliphatic heterocycles. The zero-order valence-electron chi connectivity index (χ0n) is 10.7. The van der Waals surface area contributed by atoms with Gasteiger partial charge in [0.1, 0.15) is 5.66 Å². The van der Waals surface area contributed by atoms with Gasteiger partial charge in [-0.1, -0.05) is 29.3 Å². The lowest BCUT2D eigenvalue weighted by atomic mass is 10.1. The molecule has 5 heteroatoms. The Hall–Kier alpha value is -1.07. The number of rotatable bonds is 4. The van der Waals surface area contributed by atoms with Crippen LogP contribution in [0.15, 0.2) is 28.7 Å². The summed E-state index contributed by atoms with van der Waals surface area (Å²) in [6.45, 7) is 4.16. The molecule has 0 spiro atoms. The molecule has 4 nitrogen and oxygen atoms in total. The van der Waals surface area contributed by atoms with Crippen LogP contribution in [0.5, 0.6) is 0 Å². The molecule has 98 valence electrons. The van der Waals surface area contributed by atoms with E-state index >= 15 is 0 Å². The first kappa shape index (κ1) is 13.4. The van der Waals surface area contributed by atoms with Crippen LogP contribution in [0.1, 0.15) is 33.1 Å². The van der Waals surface area contributed by atoms with Gasteiger partial charge in [0.25, 0.3) is 0 Å². The molecule has 2 N–H and O–H groups in total. The molecule has 1 atom stereocenters. The highest BCUT2D eigenvalue weighted by Gasteiger charge is 2.38. The van der Waals surface area contributed by atoms with Gasteiger partial charge in [0.05, 0.1) is 5.69 Å². The molecule has 1 aliphatic rings. The fraction of sp³-hybridized carbons (Fsp3) is 0.462. The smallest absolute Gasteiger partial charge is 0.317 e. The quantitative estimate of drug-likeness (QED) is 0.895. The third kappa shape index (κ3) is 2.84. The van der Waals surface area contributed by atoms with Crippen LogP contribution in [0.4, 0.5) is 10.5 Å². The normalized spacial score (nSPS) is 23.3. The second kappa shape index (κ2) is 5.28. The molecule has 18 heavy (non-hydrogen) atoms. The number of urea groups is 1. The van der Waals surface area contributed by atoms with E-state index in [0.29, 0.717) is 0 Å². The monoisotopic (exact) mass is 311 g/mol. The number of unbranched alkanes of at least 4 members (excludes halogenated alkanes) is 1. The Morgan fingerprint density at radius 1 is 1.33 bits per heavy atom. The Morgan fingerprint density at radius 2 is 2.00 bits per heavy atom. The fourth-order valence-electron chi connectivity index (χ4n) is 2.04. The number of nitrogens with one attached hydrogen (secondary N) is 2. The van der Waals surface area contributed by atoms with Crippen LogP contribution in [-0.4, -0.2) is 11.7 Å². The van der Waals surface area contributed by atoms with E-state index in [1.807, 2.05) is 31.2 Å². The summed E-state index contributed by atoms with van der Waals surface area (Å²) in [6.07, 6.45) is 3.12. The minimum atomic E-state index is -0.347. The van der Waals surface area contributed by atoms with Gasteiger partial charge in [-0.25, -0.2) is 15.2 Å². The molecule has 2 amide bonds. The first-order chi connectivity index (χ1) is 8.54. The van der Waals surface area contributed by atoms with Crippen molar-refractivity contribution in [2.45, 2.75) is 38.8 Å². The van der Waals surface area contributed by atoms with E-state index in [2.05, 4.69) is 33.6 Å². The maximum absolute atomic E-state index is 12.0. The number of hydrogen-bond donors (Lipinski definition) is 2. The lowest BCUT2D eigenvalue weighted by Crippen LogP contribution is -2.48. The van der Waals surface area contributed by atoms with Crippen LogP contribution < -0.4 is 15.8 Å². The van der Waals surface area contributed by atoms with Crippen LogP contribution in [0, 0.1) is 0 Å². The highest BCUT2D eigenvalue weighted by molar-refractivity contribution is 9.10. The molecule has 0 saturated carbocycles. The van der Waals surface area contributed by atoms with E-state index in [-0.39, 0.29) is 11.7 Å². The number of nitrogens with zero attached hydrogens (tertiary/aromatic N) is 1. The van der Waals surface area contributed by atoms with Gasteiger partial charge in [-0.05, 0) is 44.0 Å². The van der Waals surface area contributed by atoms with Gasteiger partial charge in [-0.15, -0.1) is 0 Å². The van der Waals surface area contributed by atoms with Crippen molar-refractivity contribution < 1.29 is 4.79 Å². The van der Waals surface area contributed by atoms with Gasteiger partial charge in [-0.2, -0.15) is 0 Å². The van der Waals surface area contributed by atoms with Gasteiger partial charge < -0.3 is 5.32 Å². The van der Waals surface area contributed by atoms with Crippen molar-refractivity contribution in [1.29, 1.82) is 0 Å². The number of carbonyl (C=O) groups excluding carboxylic acids is 1. The van der Waals surface area contributed by atoms with Crippen molar-refractivity contribution in [3.8, 4) is 0 Å². The van der Waals surface area contributed by atoms with E-state index in [4.69, 9.17) is 0 Å². The van der Waals surface area contributed by atoms with Crippen LogP contribution in [0.25, 0.3) is 0 Å². The number of amides is 2. The molecule has 1 aromatic carbocycles. The topological polar surface area (TPSA) is 44.4 Å². The third-order valence-corrected chi connectivity index (χ3v) is 3.59. The molecule has 1 heterocycles. The average Bonchev–Trinajstić information content (AvgIpc) is 2.64. The lowest BCUT2D eigenvalue weighted by Gasteiger charge is -2.24. The van der Waals surface area contributed by atoms with Gasteiger partial charge in [0.15, 0.2) is 0 Å². The van der Waals surface area contributed by atoms with Crippen LogP contribution >= 0.6 is 15.9 Å². The number of hydrazine groups is 1. The summed E-state index contributed by atoms with van der Waals surface area (Å²) in [6, 6.07) is 7.55. The fourth-order valence-corrected chi connectivity index (χ4v) is 2.30. The minimum absolute atomic E-state index is 0.101. The average molecular weight is 312 g/mol. The van der Waals surface area contributed by atoms with Crippen LogP contribution in [0.2, 0.25) is 0 Å². The van der Waals surface area contributed by atoms with Crippen molar-refractivity contribution in [2.75, 3.05) is 5.01 Å². The van der Waals surface area contributed by atoms with Crippen molar-refractivity contribution >= 4 is 27.6 Å². The van der Waals surface area contributed by atoms with Gasteiger partial charge >= 0.3 is 6.03 Å². The molecule has 1 aromatic rings. The molecule has 0 aromatic heterocycles. The van der Waals surface area contributed by atoms with Crippen molar-refractivity contribution in [3.05, 3.63) is 28.7 Å². The van der Waals surface area contributed by atoms with E-state index in [1.165, 1.54) is 0 Å². The maximum atomic E-state index is 12.0. The number of anilines is 1. The van der Waals surface area contributed by atoms with Crippen LogP contribution in [0.3, 0.4) is 0 Å². The summed E-state index contributed by atoms with van der Waals surface area (Å²) < 4.78 is 1.000. The molecule has 1 saturated heterocycles. The highest BCUT2D eigenvalue weighted by atomic mass is 79.9. The molecule has 2 rings (SSSR count). The molecule has 0 unspecified atom stereocenters. The second-order valence-electron chi connectivity index (χ2n) is 4.79. The summed E-state index contributed by atoms with van der Waals surface area (Å²) in [5.74, 6) is 0. The predicted molar refractivity (Wildman–Crippen MR) is 76.2 cm³/mol. The molecule has 1 fully saturated rings. The summed E-state index contributed by atoms with van der Waals surface area (Å²) in [4.78, 5) is 12.0. The molecular weight excluding hydrogens is 294 g/mol. The number of halogens is 1.